The minimum Gasteiger partial charge on any atom is -0.306 e. The molecular formula is C26H23Cl2N3. The van der Waals surface area contributed by atoms with Crippen molar-refractivity contribution in [1.29, 1.82) is 10.5 Å². The number of hydrogen-bond donors (Lipinski definition) is 1. The summed E-state index contributed by atoms with van der Waals surface area (Å²) in [6, 6.07) is 27.6. The molecule has 0 bridgehead atoms. The maximum atomic E-state index is 9.39. The highest BCUT2D eigenvalue weighted by Gasteiger charge is 2.24. The van der Waals surface area contributed by atoms with E-state index in [-0.39, 0.29) is 18.0 Å². The van der Waals surface area contributed by atoms with Gasteiger partial charge in [-0.3, -0.25) is 0 Å². The maximum absolute atomic E-state index is 9.39. The number of rotatable bonds is 8. The maximum Gasteiger partial charge on any atom is 0.0991 e. The number of nitriles is 2. The van der Waals surface area contributed by atoms with Crippen molar-refractivity contribution >= 4 is 23.2 Å². The summed E-state index contributed by atoms with van der Waals surface area (Å²) in [5.74, 6) is 0.1000. The number of halogens is 2. The Balaban J connectivity index is 1.90. The van der Waals surface area contributed by atoms with E-state index in [1.165, 1.54) is 0 Å². The number of benzene rings is 3. The van der Waals surface area contributed by atoms with Crippen LogP contribution in [0, 0.1) is 22.7 Å². The van der Waals surface area contributed by atoms with Gasteiger partial charge in [-0.15, -0.1) is 0 Å². The summed E-state index contributed by atoms with van der Waals surface area (Å²) >= 11 is 12.1. The summed E-state index contributed by atoms with van der Waals surface area (Å²) in [5, 5.41) is 23.8. The highest BCUT2D eigenvalue weighted by molar-refractivity contribution is 6.30. The zero-order chi connectivity index (χ0) is 22.2. The summed E-state index contributed by atoms with van der Waals surface area (Å²) in [4.78, 5) is 0. The molecule has 0 aliphatic heterocycles. The Bertz CT molecular complexity index is 1080. The Labute approximate surface area is 193 Å². The van der Waals surface area contributed by atoms with Crippen LogP contribution in [0.1, 0.15) is 47.6 Å². The zero-order valence-corrected chi connectivity index (χ0v) is 18.7. The lowest BCUT2D eigenvalue weighted by atomic mass is 9.85. The first-order valence-electron chi connectivity index (χ1n) is 10.1. The van der Waals surface area contributed by atoms with E-state index in [0.717, 1.165) is 23.1 Å². The fraction of sp³-hybridized carbons (Fsp3) is 0.231. The summed E-state index contributed by atoms with van der Waals surface area (Å²) in [6.07, 6.45) is 1.12. The van der Waals surface area contributed by atoms with E-state index in [4.69, 9.17) is 23.2 Å². The van der Waals surface area contributed by atoms with E-state index in [9.17, 15) is 10.5 Å². The summed E-state index contributed by atoms with van der Waals surface area (Å²) in [5.41, 5.74) is 3.90. The third-order valence-corrected chi connectivity index (χ3v) is 5.95. The Kier molecular flexibility index (Phi) is 8.10. The first-order chi connectivity index (χ1) is 15.0. The van der Waals surface area contributed by atoms with Crippen LogP contribution in [-0.2, 0) is 6.42 Å². The summed E-state index contributed by atoms with van der Waals surface area (Å²) < 4.78 is 0. The monoisotopic (exact) mass is 447 g/mol. The standard InChI is InChI=1S/C26H23Cl2N3/c1-18(31-26(13-14-29)21-7-11-24(28)12-8-21)25(16-19-5-9-23(27)10-6-19)22-4-2-3-20(15-22)17-30/h2-12,15,18,25-26,31H,13,16H2,1H3/t18?,25?,26-/m0/s1. The van der Waals surface area contributed by atoms with E-state index in [1.807, 2.05) is 66.7 Å². The third kappa shape index (κ3) is 6.33. The van der Waals surface area contributed by atoms with Gasteiger partial charge in [-0.05, 0) is 66.4 Å². The van der Waals surface area contributed by atoms with Gasteiger partial charge in [0, 0.05) is 28.0 Å². The minimum atomic E-state index is -0.121. The van der Waals surface area contributed by atoms with Gasteiger partial charge in [0.2, 0.25) is 0 Å². The molecule has 3 rings (SSSR count). The molecule has 0 spiro atoms. The highest BCUT2D eigenvalue weighted by Crippen LogP contribution is 2.29. The van der Waals surface area contributed by atoms with E-state index in [1.54, 1.807) is 0 Å². The molecule has 0 heterocycles. The van der Waals surface area contributed by atoms with Gasteiger partial charge < -0.3 is 5.32 Å². The fourth-order valence-corrected chi connectivity index (χ4v) is 4.04. The molecule has 0 aromatic heterocycles. The van der Waals surface area contributed by atoms with Crippen LogP contribution >= 0.6 is 23.2 Å². The van der Waals surface area contributed by atoms with Gasteiger partial charge in [0.25, 0.3) is 0 Å². The van der Waals surface area contributed by atoms with Crippen LogP contribution < -0.4 is 5.32 Å². The highest BCUT2D eigenvalue weighted by atomic mass is 35.5. The molecule has 3 aromatic rings. The van der Waals surface area contributed by atoms with E-state index < -0.39 is 0 Å². The SMILES string of the molecule is CC(N[C@@H](CC#N)c1ccc(Cl)cc1)C(Cc1ccc(Cl)cc1)c1cccc(C#N)c1. The molecule has 3 aromatic carbocycles. The molecule has 3 nitrogen and oxygen atoms in total. The molecule has 0 saturated carbocycles. The van der Waals surface area contributed by atoms with Crippen molar-refractivity contribution in [1.82, 2.24) is 5.32 Å². The third-order valence-electron chi connectivity index (χ3n) is 5.45. The van der Waals surface area contributed by atoms with Gasteiger partial charge in [0.1, 0.15) is 0 Å². The van der Waals surface area contributed by atoms with E-state index >= 15 is 0 Å². The Hall–Kier alpha value is -2.82. The molecule has 0 radical (unpaired) electrons. The van der Waals surface area contributed by atoms with Crippen LogP contribution in [-0.4, -0.2) is 6.04 Å². The zero-order valence-electron chi connectivity index (χ0n) is 17.2. The van der Waals surface area contributed by atoms with Crippen molar-refractivity contribution in [2.45, 2.75) is 37.8 Å². The van der Waals surface area contributed by atoms with Gasteiger partial charge in [-0.25, -0.2) is 0 Å². The predicted molar refractivity (Wildman–Crippen MR) is 126 cm³/mol. The Morgan fingerprint density at radius 1 is 0.871 bits per heavy atom. The van der Waals surface area contributed by atoms with Crippen LogP contribution in [0.25, 0.3) is 0 Å². The van der Waals surface area contributed by atoms with Gasteiger partial charge >= 0.3 is 0 Å². The van der Waals surface area contributed by atoms with Gasteiger partial charge in [0.05, 0.1) is 24.1 Å². The predicted octanol–water partition coefficient (Wildman–Crippen LogP) is 6.82. The Morgan fingerprint density at radius 3 is 2.13 bits per heavy atom. The molecule has 0 fully saturated rings. The number of nitrogens with zero attached hydrogens (tertiary/aromatic N) is 2. The fourth-order valence-electron chi connectivity index (χ4n) is 3.79. The normalized spacial score (nSPS) is 13.6. The molecule has 156 valence electrons. The first kappa shape index (κ1) is 22.9. The topological polar surface area (TPSA) is 59.6 Å². The van der Waals surface area contributed by atoms with Crippen LogP contribution in [0.4, 0.5) is 0 Å². The molecule has 0 amide bonds. The summed E-state index contributed by atoms with van der Waals surface area (Å²) in [7, 11) is 0. The molecule has 31 heavy (non-hydrogen) atoms. The molecule has 1 N–H and O–H groups in total. The van der Waals surface area contributed by atoms with Crippen LogP contribution in [0.5, 0.6) is 0 Å². The lowest BCUT2D eigenvalue weighted by Gasteiger charge is -2.30. The van der Waals surface area contributed by atoms with Crippen LogP contribution in [0.2, 0.25) is 10.0 Å². The summed E-state index contributed by atoms with van der Waals surface area (Å²) in [6.45, 7) is 2.12. The lowest BCUT2D eigenvalue weighted by Crippen LogP contribution is -2.36. The van der Waals surface area contributed by atoms with Crippen molar-refractivity contribution in [3.05, 3.63) is 105 Å². The van der Waals surface area contributed by atoms with Crippen molar-refractivity contribution in [2.75, 3.05) is 0 Å². The Morgan fingerprint density at radius 2 is 1.52 bits per heavy atom. The van der Waals surface area contributed by atoms with Crippen LogP contribution in [0.3, 0.4) is 0 Å². The van der Waals surface area contributed by atoms with Crippen molar-refractivity contribution in [3.63, 3.8) is 0 Å². The first-order valence-corrected chi connectivity index (χ1v) is 10.9. The van der Waals surface area contributed by atoms with E-state index in [2.05, 4.69) is 30.4 Å². The molecule has 0 aliphatic rings. The van der Waals surface area contributed by atoms with E-state index in [0.29, 0.717) is 22.0 Å². The quantitative estimate of drug-likeness (QED) is 0.411. The minimum absolute atomic E-state index is 0.0404. The average molecular weight is 448 g/mol. The second kappa shape index (κ2) is 11.0. The smallest absolute Gasteiger partial charge is 0.0991 e. The lowest BCUT2D eigenvalue weighted by molar-refractivity contribution is 0.401. The van der Waals surface area contributed by atoms with Crippen LogP contribution in [0.15, 0.2) is 72.8 Å². The van der Waals surface area contributed by atoms with Gasteiger partial charge in [-0.2, -0.15) is 10.5 Å². The second-order valence-electron chi connectivity index (χ2n) is 7.60. The molecular weight excluding hydrogens is 425 g/mol. The molecule has 5 heteroatoms. The number of nitrogens with one attached hydrogen (secondary N) is 1. The molecule has 0 saturated heterocycles. The van der Waals surface area contributed by atoms with Gasteiger partial charge in [0.15, 0.2) is 0 Å². The van der Waals surface area contributed by atoms with Crippen molar-refractivity contribution in [3.8, 4) is 12.1 Å². The molecule has 0 aliphatic carbocycles. The van der Waals surface area contributed by atoms with Gasteiger partial charge in [-0.1, -0.05) is 59.6 Å². The number of hydrogen-bond acceptors (Lipinski definition) is 3. The average Bonchev–Trinajstić information content (AvgIpc) is 2.79. The van der Waals surface area contributed by atoms with Crippen molar-refractivity contribution < 1.29 is 0 Å². The largest absolute Gasteiger partial charge is 0.306 e. The van der Waals surface area contributed by atoms with Crippen molar-refractivity contribution in [2.24, 2.45) is 0 Å². The molecule has 3 atom stereocenters. The molecule has 2 unspecified atom stereocenters. The second-order valence-corrected chi connectivity index (χ2v) is 8.47.